The molecule has 0 aromatic heterocycles. The number of hydrogen-bond donors (Lipinski definition) is 0. The number of rotatable bonds is 2. The topological polar surface area (TPSA) is 9.23 Å². The highest BCUT2D eigenvalue weighted by Crippen LogP contribution is 2.20. The van der Waals surface area contributed by atoms with Gasteiger partial charge in [-0.25, -0.2) is 13.2 Å². The summed E-state index contributed by atoms with van der Waals surface area (Å²) in [5.41, 5.74) is 0. The summed E-state index contributed by atoms with van der Waals surface area (Å²) in [6.45, 7) is 0.387. The van der Waals surface area contributed by atoms with E-state index in [1.807, 2.05) is 0 Å². The van der Waals surface area contributed by atoms with Crippen LogP contribution in [0.5, 0.6) is 0 Å². The maximum Gasteiger partial charge on any atom is 0.229 e. The van der Waals surface area contributed by atoms with E-state index in [0.717, 1.165) is 18.9 Å². The second-order valence-electron chi connectivity index (χ2n) is 2.99. The Kier molecular flexibility index (Phi) is 8.54. The van der Waals surface area contributed by atoms with Gasteiger partial charge in [0.05, 0.1) is 0 Å². The van der Waals surface area contributed by atoms with E-state index in [1.54, 1.807) is 0 Å². The van der Waals surface area contributed by atoms with Crippen molar-refractivity contribution in [2.45, 2.75) is 44.6 Å². The summed E-state index contributed by atoms with van der Waals surface area (Å²) in [5, 5.41) is 0. The van der Waals surface area contributed by atoms with Gasteiger partial charge in [0.1, 0.15) is 0 Å². The average Bonchev–Trinajstić information content (AvgIpc) is 2.06. The summed E-state index contributed by atoms with van der Waals surface area (Å²) in [6.07, 6.45) is 1.92. The van der Waals surface area contributed by atoms with Crippen LogP contribution in [0.25, 0.3) is 0 Å². The molecular weight excluding hydrogens is 197 g/mol. The molecule has 2 unspecified atom stereocenters. The van der Waals surface area contributed by atoms with E-state index in [1.165, 1.54) is 6.04 Å². The molecule has 1 aliphatic rings. The summed E-state index contributed by atoms with van der Waals surface area (Å²) in [5.74, 6) is 0. The number of hydrogen-bond acceptors (Lipinski definition) is 1. The number of halogens is 3. The molecule has 2 atom stereocenters. The smallest absolute Gasteiger partial charge is 0.229 e. The zero-order valence-electron chi connectivity index (χ0n) is 7.94. The Labute approximate surface area is 79.0 Å². The Balaban J connectivity index is 0.000000424. The van der Waals surface area contributed by atoms with Crippen molar-refractivity contribution in [2.24, 2.45) is 0 Å². The minimum atomic E-state index is -1.75. The summed E-state index contributed by atoms with van der Waals surface area (Å²) in [7, 11) is -1.06. The normalized spacial score (nSPS) is 27.7. The van der Waals surface area contributed by atoms with Crippen molar-refractivity contribution in [2.75, 3.05) is 6.93 Å². The van der Waals surface area contributed by atoms with Crippen molar-refractivity contribution >= 4 is 9.04 Å². The van der Waals surface area contributed by atoms with Gasteiger partial charge in [0, 0.05) is 6.42 Å². The lowest BCUT2D eigenvalue weighted by Gasteiger charge is -2.23. The van der Waals surface area contributed by atoms with E-state index >= 15 is 0 Å². The number of alkyl halides is 3. The van der Waals surface area contributed by atoms with Gasteiger partial charge in [-0.2, -0.15) is 0 Å². The summed E-state index contributed by atoms with van der Waals surface area (Å²) >= 11 is 0. The molecule has 0 spiro atoms. The summed E-state index contributed by atoms with van der Waals surface area (Å²) in [6, 6.07) is 2.34. The van der Waals surface area contributed by atoms with Gasteiger partial charge in [0.2, 0.25) is 6.93 Å². The first-order valence-corrected chi connectivity index (χ1v) is 6.76. The average molecular weight is 214 g/mol. The summed E-state index contributed by atoms with van der Waals surface area (Å²) in [4.78, 5) is 0. The van der Waals surface area contributed by atoms with Gasteiger partial charge in [-0.05, 0) is 18.5 Å². The van der Waals surface area contributed by atoms with Crippen LogP contribution >= 0.6 is 0 Å². The SMILES string of the molecule is CCC[SiH]1CCCC(F)O1.FCF. The first-order valence-electron chi connectivity index (χ1n) is 4.66. The van der Waals surface area contributed by atoms with Gasteiger partial charge in [-0.15, -0.1) is 0 Å². The largest absolute Gasteiger partial charge is 0.392 e. The molecule has 1 fully saturated rings. The van der Waals surface area contributed by atoms with Crippen molar-refractivity contribution in [3.8, 4) is 0 Å². The molecule has 0 aromatic carbocycles. The van der Waals surface area contributed by atoms with Crippen molar-refractivity contribution < 1.29 is 17.6 Å². The molecule has 0 aromatic rings. The van der Waals surface area contributed by atoms with Gasteiger partial charge in [0.15, 0.2) is 15.4 Å². The van der Waals surface area contributed by atoms with Gasteiger partial charge in [-0.1, -0.05) is 13.3 Å². The molecule has 0 radical (unpaired) electrons. The predicted molar refractivity (Wildman–Crippen MR) is 49.4 cm³/mol. The zero-order valence-corrected chi connectivity index (χ0v) is 9.09. The minimum Gasteiger partial charge on any atom is -0.392 e. The van der Waals surface area contributed by atoms with Crippen LogP contribution < -0.4 is 0 Å². The van der Waals surface area contributed by atoms with Crippen molar-refractivity contribution in [3.63, 3.8) is 0 Å². The van der Waals surface area contributed by atoms with Crippen LogP contribution in [-0.2, 0) is 4.43 Å². The van der Waals surface area contributed by atoms with Crippen LogP contribution in [0.2, 0.25) is 12.1 Å². The molecule has 0 saturated carbocycles. The predicted octanol–water partition coefficient (Wildman–Crippen LogP) is 3.11. The van der Waals surface area contributed by atoms with E-state index in [-0.39, 0.29) is 0 Å². The maximum atomic E-state index is 12.6. The molecule has 80 valence electrons. The second kappa shape index (κ2) is 8.56. The molecule has 1 nitrogen and oxygen atoms in total. The van der Waals surface area contributed by atoms with Crippen molar-refractivity contribution in [3.05, 3.63) is 0 Å². The Hall–Kier alpha value is -0.0331. The molecule has 1 saturated heterocycles. The second-order valence-corrected chi connectivity index (χ2v) is 5.66. The highest BCUT2D eigenvalue weighted by molar-refractivity contribution is 6.51. The Morgan fingerprint density at radius 3 is 2.54 bits per heavy atom. The van der Waals surface area contributed by atoms with Gasteiger partial charge in [0.25, 0.3) is 0 Å². The highest BCUT2D eigenvalue weighted by Gasteiger charge is 2.21. The third-order valence-electron chi connectivity index (χ3n) is 1.91. The van der Waals surface area contributed by atoms with Crippen LogP contribution in [0, 0.1) is 0 Å². The fourth-order valence-corrected chi connectivity index (χ4v) is 3.83. The molecule has 0 N–H and O–H groups in total. The molecule has 1 rings (SSSR count). The Morgan fingerprint density at radius 1 is 1.46 bits per heavy atom. The van der Waals surface area contributed by atoms with E-state index in [9.17, 15) is 13.2 Å². The third kappa shape index (κ3) is 7.07. The van der Waals surface area contributed by atoms with Crippen LogP contribution in [0.1, 0.15) is 26.2 Å². The van der Waals surface area contributed by atoms with Gasteiger partial charge < -0.3 is 4.43 Å². The standard InChI is InChI=1S/C7H15FOSi.CH2F2/c1-2-5-10-6-3-4-7(8)9-10;2-1-3/h7,10H,2-6H2,1H3;1H2. The lowest BCUT2D eigenvalue weighted by Crippen LogP contribution is -2.27. The zero-order chi connectivity index (χ0) is 10.1. The molecular formula is C8H17F3OSi. The van der Waals surface area contributed by atoms with Crippen LogP contribution in [0.3, 0.4) is 0 Å². The van der Waals surface area contributed by atoms with E-state index in [0.29, 0.717) is 6.42 Å². The summed E-state index contributed by atoms with van der Waals surface area (Å²) < 4.78 is 37.0. The lowest BCUT2D eigenvalue weighted by molar-refractivity contribution is 0.0431. The lowest BCUT2D eigenvalue weighted by atomic mass is 10.3. The Morgan fingerprint density at radius 2 is 2.08 bits per heavy atom. The monoisotopic (exact) mass is 214 g/mol. The maximum absolute atomic E-state index is 12.6. The van der Waals surface area contributed by atoms with E-state index < -0.39 is 22.3 Å². The molecule has 1 aliphatic heterocycles. The Bertz CT molecular complexity index is 114. The van der Waals surface area contributed by atoms with Crippen molar-refractivity contribution in [1.29, 1.82) is 0 Å². The first kappa shape index (κ1) is 13.0. The fourth-order valence-electron chi connectivity index (χ4n) is 1.39. The minimum absolute atomic E-state index is 0.632. The van der Waals surface area contributed by atoms with Crippen molar-refractivity contribution in [1.82, 2.24) is 0 Å². The quantitative estimate of drug-likeness (QED) is 0.642. The third-order valence-corrected chi connectivity index (χ3v) is 4.86. The molecule has 0 bridgehead atoms. The van der Waals surface area contributed by atoms with E-state index in [4.69, 9.17) is 4.43 Å². The highest BCUT2D eigenvalue weighted by atomic mass is 28.3. The fraction of sp³-hybridized carbons (Fsp3) is 1.00. The van der Waals surface area contributed by atoms with Gasteiger partial charge >= 0.3 is 0 Å². The molecule has 0 amide bonds. The van der Waals surface area contributed by atoms with Crippen LogP contribution in [0.15, 0.2) is 0 Å². The van der Waals surface area contributed by atoms with Crippen LogP contribution in [-0.4, -0.2) is 22.3 Å². The molecule has 13 heavy (non-hydrogen) atoms. The van der Waals surface area contributed by atoms with Crippen LogP contribution in [0.4, 0.5) is 13.2 Å². The molecule has 5 heteroatoms. The molecule has 0 aliphatic carbocycles. The first-order chi connectivity index (χ1) is 6.24. The van der Waals surface area contributed by atoms with Gasteiger partial charge in [-0.3, -0.25) is 0 Å². The molecule has 1 heterocycles. The van der Waals surface area contributed by atoms with E-state index in [2.05, 4.69) is 6.92 Å².